The van der Waals surface area contributed by atoms with Crippen LogP contribution in [0.4, 0.5) is 10.5 Å². The fourth-order valence-electron chi connectivity index (χ4n) is 2.91. The molecule has 1 aliphatic heterocycles. The molecule has 0 spiro atoms. The summed E-state index contributed by atoms with van der Waals surface area (Å²) in [5, 5.41) is 18.2. The van der Waals surface area contributed by atoms with Crippen LogP contribution in [0.1, 0.15) is 13.8 Å². The first-order valence-corrected chi connectivity index (χ1v) is 10.9. The van der Waals surface area contributed by atoms with Crippen LogP contribution in [-0.4, -0.2) is 69.2 Å². The molecule has 0 saturated carbocycles. The number of nitrogens with zero attached hydrogens (tertiary/aromatic N) is 3. The molecule has 11 nitrogen and oxygen atoms in total. The fourth-order valence-corrected chi connectivity index (χ4v) is 2.91. The minimum atomic E-state index is -0.708. The number of nitrogens with one attached hydrogen (secondary N) is 3. The lowest BCUT2D eigenvalue weighted by Gasteiger charge is -2.28. The Morgan fingerprint density at radius 3 is 2.88 bits per heavy atom. The van der Waals surface area contributed by atoms with E-state index in [4.69, 9.17) is 19.9 Å². The highest BCUT2D eigenvalue weighted by Crippen LogP contribution is 2.25. The second-order valence-corrected chi connectivity index (χ2v) is 7.43. The Morgan fingerprint density at radius 1 is 1.44 bits per heavy atom. The van der Waals surface area contributed by atoms with Crippen molar-refractivity contribution < 1.29 is 19.0 Å². The molecule has 5 N–H and O–H groups in total. The molecule has 2 unspecified atom stereocenters. The molecule has 1 aromatic carbocycles. The maximum Gasteiger partial charge on any atom is 0.411 e. The third-order valence-electron chi connectivity index (χ3n) is 5.12. The third-order valence-corrected chi connectivity index (χ3v) is 5.12. The van der Waals surface area contributed by atoms with Crippen LogP contribution in [0.15, 0.2) is 53.3 Å². The SMILES string of the molecule is C/C=C(/COC1N=C(N)C=CN1)NC(=O)OCCN(C)[C@@H](C)C(C#N)Oc1ccccc1NC. The number of nitrogens with two attached hydrogens (primary N) is 1. The number of anilines is 1. The van der Waals surface area contributed by atoms with Gasteiger partial charge in [-0.1, -0.05) is 18.2 Å². The molecule has 0 aromatic heterocycles. The van der Waals surface area contributed by atoms with Crippen molar-refractivity contribution in [3.8, 4) is 11.8 Å². The highest BCUT2D eigenvalue weighted by Gasteiger charge is 2.24. The summed E-state index contributed by atoms with van der Waals surface area (Å²) in [5.41, 5.74) is 6.95. The molecule has 0 bridgehead atoms. The first kappa shape index (κ1) is 26.5. The largest absolute Gasteiger partial charge is 0.472 e. The number of likely N-dealkylation sites (N-methyl/N-ethyl adjacent to an activating group) is 1. The van der Waals surface area contributed by atoms with E-state index < -0.39 is 18.5 Å². The number of rotatable bonds is 12. The number of carbonyl (C=O) groups excluding carboxylic acids is 1. The van der Waals surface area contributed by atoms with E-state index >= 15 is 0 Å². The maximum absolute atomic E-state index is 12.2. The average Bonchev–Trinajstić information content (AvgIpc) is 2.84. The monoisotopic (exact) mass is 471 g/mol. The minimum Gasteiger partial charge on any atom is -0.472 e. The van der Waals surface area contributed by atoms with E-state index in [9.17, 15) is 10.1 Å². The van der Waals surface area contributed by atoms with Gasteiger partial charge in [0.15, 0.2) is 6.10 Å². The van der Waals surface area contributed by atoms with Gasteiger partial charge in [-0.3, -0.25) is 10.2 Å². The van der Waals surface area contributed by atoms with E-state index in [2.05, 4.69) is 27.0 Å². The zero-order chi connectivity index (χ0) is 24.9. The summed E-state index contributed by atoms with van der Waals surface area (Å²) in [4.78, 5) is 18.1. The van der Waals surface area contributed by atoms with Crippen LogP contribution in [0.3, 0.4) is 0 Å². The number of hydrogen-bond donors (Lipinski definition) is 4. The van der Waals surface area contributed by atoms with E-state index in [-0.39, 0.29) is 19.3 Å². The zero-order valence-corrected chi connectivity index (χ0v) is 19.9. The van der Waals surface area contributed by atoms with Gasteiger partial charge in [-0.2, -0.15) is 5.26 Å². The van der Waals surface area contributed by atoms with Crippen molar-refractivity contribution in [1.29, 1.82) is 5.26 Å². The minimum absolute atomic E-state index is 0.111. The van der Waals surface area contributed by atoms with E-state index in [0.717, 1.165) is 5.69 Å². The molecule has 34 heavy (non-hydrogen) atoms. The summed E-state index contributed by atoms with van der Waals surface area (Å²) in [6.45, 7) is 4.31. The summed E-state index contributed by atoms with van der Waals surface area (Å²) < 4.78 is 16.7. The Kier molecular flexibility index (Phi) is 10.7. The number of nitriles is 1. The molecule has 184 valence electrons. The van der Waals surface area contributed by atoms with Crippen LogP contribution in [-0.2, 0) is 9.47 Å². The summed E-state index contributed by atoms with van der Waals surface area (Å²) >= 11 is 0. The number of benzene rings is 1. The van der Waals surface area contributed by atoms with Crippen LogP contribution in [0.2, 0.25) is 0 Å². The molecule has 0 fully saturated rings. The smallest absolute Gasteiger partial charge is 0.411 e. The highest BCUT2D eigenvalue weighted by molar-refractivity contribution is 5.91. The van der Waals surface area contributed by atoms with Gasteiger partial charge in [-0.15, -0.1) is 0 Å². The van der Waals surface area contributed by atoms with Crippen LogP contribution in [0.25, 0.3) is 0 Å². The van der Waals surface area contributed by atoms with Gasteiger partial charge >= 0.3 is 6.09 Å². The van der Waals surface area contributed by atoms with Crippen molar-refractivity contribution in [2.24, 2.45) is 10.7 Å². The molecule has 1 heterocycles. The standard InChI is InChI=1S/C23H33N7O4/c1-5-17(15-33-22-27-11-10-21(25)29-22)28-23(31)32-13-12-30(4)16(2)20(14-24)34-19-9-7-6-8-18(19)26-3/h5-11,16,20,22,26-27H,12-13,15H2,1-4H3,(H2,25,29)(H,28,31)/b17-5-/t16-,20?,22?/m0/s1. The van der Waals surface area contributed by atoms with Crippen LogP contribution < -0.4 is 26.4 Å². The summed E-state index contributed by atoms with van der Waals surface area (Å²) in [5.74, 6) is 0.952. The lowest BCUT2D eigenvalue weighted by atomic mass is 10.1. The number of amidine groups is 1. The molecular weight excluding hydrogens is 438 g/mol. The van der Waals surface area contributed by atoms with Crippen molar-refractivity contribution in [3.05, 3.63) is 48.3 Å². The molecule has 3 atom stereocenters. The van der Waals surface area contributed by atoms with Crippen molar-refractivity contribution in [2.75, 3.05) is 39.2 Å². The van der Waals surface area contributed by atoms with Crippen LogP contribution in [0, 0.1) is 11.3 Å². The first-order chi connectivity index (χ1) is 16.4. The van der Waals surface area contributed by atoms with Crippen molar-refractivity contribution in [3.63, 3.8) is 0 Å². The molecule has 11 heteroatoms. The number of carbonyl (C=O) groups is 1. The van der Waals surface area contributed by atoms with Gasteiger partial charge in [-0.25, -0.2) is 9.79 Å². The Balaban J connectivity index is 1.75. The summed E-state index contributed by atoms with van der Waals surface area (Å²) in [6.07, 6.45) is 3.04. The van der Waals surface area contributed by atoms with Crippen LogP contribution >= 0.6 is 0 Å². The first-order valence-electron chi connectivity index (χ1n) is 10.9. The van der Waals surface area contributed by atoms with E-state index in [0.29, 0.717) is 23.8 Å². The van der Waals surface area contributed by atoms with Gasteiger partial charge in [0, 0.05) is 25.5 Å². The number of hydrogen-bond acceptors (Lipinski definition) is 10. The number of para-hydroxylation sites is 2. The van der Waals surface area contributed by atoms with Crippen molar-refractivity contribution in [1.82, 2.24) is 15.5 Å². The van der Waals surface area contributed by atoms with Crippen LogP contribution in [0.5, 0.6) is 5.75 Å². The van der Waals surface area contributed by atoms with Gasteiger partial charge in [0.1, 0.15) is 24.3 Å². The Hall–Kier alpha value is -3.75. The molecule has 1 amide bonds. The fraction of sp³-hybridized carbons (Fsp3) is 0.435. The van der Waals surface area contributed by atoms with E-state index in [1.54, 1.807) is 38.4 Å². The number of ether oxygens (including phenoxy) is 3. The van der Waals surface area contributed by atoms with Gasteiger partial charge in [0.05, 0.1) is 18.3 Å². The van der Waals surface area contributed by atoms with Crippen molar-refractivity contribution in [2.45, 2.75) is 32.3 Å². The maximum atomic E-state index is 12.2. The van der Waals surface area contributed by atoms with E-state index in [1.807, 2.05) is 37.1 Å². The second kappa shape index (κ2) is 13.7. The van der Waals surface area contributed by atoms with E-state index in [1.165, 1.54) is 0 Å². The molecule has 1 aromatic rings. The summed E-state index contributed by atoms with van der Waals surface area (Å²) in [6, 6.07) is 9.37. The molecular formula is C23H33N7O4. The topological polar surface area (TPSA) is 146 Å². The molecule has 0 saturated heterocycles. The Bertz CT molecular complexity index is 941. The quantitative estimate of drug-likeness (QED) is 0.358. The highest BCUT2D eigenvalue weighted by atomic mass is 16.6. The van der Waals surface area contributed by atoms with Gasteiger partial charge in [0.25, 0.3) is 0 Å². The average molecular weight is 472 g/mol. The zero-order valence-electron chi connectivity index (χ0n) is 19.9. The predicted octanol–water partition coefficient (Wildman–Crippen LogP) is 1.72. The summed E-state index contributed by atoms with van der Waals surface area (Å²) in [7, 11) is 3.63. The normalized spacial score (nSPS) is 17.1. The Morgan fingerprint density at radius 2 is 2.21 bits per heavy atom. The lowest BCUT2D eigenvalue weighted by molar-refractivity contribution is 0.0565. The van der Waals surface area contributed by atoms with Crippen molar-refractivity contribution >= 4 is 17.6 Å². The number of alkyl carbamates (subject to hydrolysis) is 1. The molecule has 0 aliphatic carbocycles. The molecule has 2 rings (SSSR count). The van der Waals surface area contributed by atoms with Gasteiger partial charge in [-0.05, 0) is 39.1 Å². The third kappa shape index (κ3) is 8.31. The number of allylic oxidation sites excluding steroid dienone is 1. The number of amides is 1. The second-order valence-electron chi connectivity index (χ2n) is 7.43. The van der Waals surface area contributed by atoms with Gasteiger partial charge in [0.2, 0.25) is 6.35 Å². The predicted molar refractivity (Wildman–Crippen MR) is 130 cm³/mol. The molecule has 1 aliphatic rings. The lowest BCUT2D eigenvalue weighted by Crippen LogP contribution is -2.43. The van der Waals surface area contributed by atoms with Gasteiger partial charge < -0.3 is 30.6 Å². The Labute approximate surface area is 200 Å². The number of aliphatic imine (C=N–C) groups is 1. The molecule has 0 radical (unpaired) electrons.